The number of halogens is 2. The van der Waals surface area contributed by atoms with Crippen molar-refractivity contribution in [2.75, 3.05) is 11.1 Å². The number of H-pyrrole nitrogens is 1. The molecule has 0 unspecified atom stereocenters. The minimum atomic E-state index is -0.963. The predicted molar refractivity (Wildman–Crippen MR) is 95.2 cm³/mol. The van der Waals surface area contributed by atoms with Gasteiger partial charge in [-0.05, 0) is 12.1 Å². The van der Waals surface area contributed by atoms with Crippen LogP contribution in [0.25, 0.3) is 22.5 Å². The number of benzene rings is 1. The maximum atomic E-state index is 13.2. The summed E-state index contributed by atoms with van der Waals surface area (Å²) in [4.78, 5) is 23.3. The van der Waals surface area contributed by atoms with Crippen molar-refractivity contribution in [2.45, 2.75) is 5.16 Å². The Balaban J connectivity index is 1.38. The van der Waals surface area contributed by atoms with Crippen molar-refractivity contribution in [3.05, 3.63) is 47.5 Å². The first-order valence-electron chi connectivity index (χ1n) is 7.35. The van der Waals surface area contributed by atoms with Gasteiger partial charge < -0.3 is 14.7 Å². The molecule has 10 heteroatoms. The molecule has 0 aliphatic rings. The molecule has 2 N–H and O–H groups in total. The second-order valence-corrected chi connectivity index (χ2v) is 7.00. The van der Waals surface area contributed by atoms with Crippen LogP contribution in [0.1, 0.15) is 0 Å². The first-order chi connectivity index (χ1) is 12.6. The van der Waals surface area contributed by atoms with Crippen LogP contribution in [0, 0.1) is 11.6 Å². The lowest BCUT2D eigenvalue weighted by Crippen LogP contribution is -2.13. The Bertz CT molecular complexity index is 1040. The Hall–Kier alpha value is -2.72. The van der Waals surface area contributed by atoms with Gasteiger partial charge in [-0.25, -0.2) is 18.7 Å². The van der Waals surface area contributed by atoms with Crippen molar-refractivity contribution in [1.29, 1.82) is 0 Å². The Morgan fingerprint density at radius 3 is 2.96 bits per heavy atom. The molecule has 0 radical (unpaired) electrons. The lowest BCUT2D eigenvalue weighted by atomic mass is 10.3. The highest BCUT2D eigenvalue weighted by atomic mass is 32.2. The summed E-state index contributed by atoms with van der Waals surface area (Å²) in [5.74, 6) is -1.49. The van der Waals surface area contributed by atoms with Crippen molar-refractivity contribution in [3.8, 4) is 11.5 Å². The molecule has 0 aliphatic heterocycles. The third-order valence-electron chi connectivity index (χ3n) is 3.37. The third-order valence-corrected chi connectivity index (χ3v) is 5.00. The van der Waals surface area contributed by atoms with E-state index in [1.807, 2.05) is 0 Å². The Kier molecular flexibility index (Phi) is 4.43. The Morgan fingerprint density at radius 2 is 2.15 bits per heavy atom. The van der Waals surface area contributed by atoms with E-state index in [9.17, 15) is 13.6 Å². The van der Waals surface area contributed by atoms with Crippen molar-refractivity contribution >= 4 is 45.2 Å². The van der Waals surface area contributed by atoms with E-state index in [1.165, 1.54) is 11.3 Å². The van der Waals surface area contributed by atoms with Gasteiger partial charge >= 0.3 is 0 Å². The molecule has 26 heavy (non-hydrogen) atoms. The van der Waals surface area contributed by atoms with Crippen LogP contribution in [0.3, 0.4) is 0 Å². The minimum absolute atomic E-state index is 0.0699. The number of aromatic nitrogens is 3. The zero-order chi connectivity index (χ0) is 18.1. The highest BCUT2D eigenvalue weighted by Gasteiger charge is 2.12. The summed E-state index contributed by atoms with van der Waals surface area (Å²) in [5, 5.41) is 5.33. The summed E-state index contributed by atoms with van der Waals surface area (Å²) < 4.78 is 31.7. The van der Waals surface area contributed by atoms with Crippen LogP contribution in [0.2, 0.25) is 0 Å². The van der Waals surface area contributed by atoms with Crippen molar-refractivity contribution in [2.24, 2.45) is 0 Å². The molecule has 0 bridgehead atoms. The summed E-state index contributed by atoms with van der Waals surface area (Å²) in [7, 11) is 0. The molecule has 0 saturated heterocycles. The summed E-state index contributed by atoms with van der Waals surface area (Å²) >= 11 is 2.41. The van der Waals surface area contributed by atoms with Gasteiger partial charge in [0.1, 0.15) is 5.69 Å². The first-order valence-corrected chi connectivity index (χ1v) is 9.22. The van der Waals surface area contributed by atoms with Crippen LogP contribution in [0.15, 0.2) is 45.5 Å². The molecule has 132 valence electrons. The fourth-order valence-corrected chi connectivity index (χ4v) is 3.61. The maximum absolute atomic E-state index is 13.2. The molecule has 6 nitrogen and oxygen atoms in total. The van der Waals surface area contributed by atoms with Crippen LogP contribution in [0.4, 0.5) is 13.9 Å². The molecule has 4 rings (SSSR count). The number of thioether (sulfide) groups is 1. The van der Waals surface area contributed by atoms with E-state index >= 15 is 0 Å². The third kappa shape index (κ3) is 3.46. The first kappa shape index (κ1) is 16.7. The lowest BCUT2D eigenvalue weighted by molar-refractivity contribution is -0.113. The number of nitrogens with zero attached hydrogens (tertiary/aromatic N) is 2. The average molecular weight is 392 g/mol. The molecule has 3 heterocycles. The standard InChI is InChI=1S/C16H10F2N4O2S2/c17-8-4-10-11(5-9(8)18)20-15(19-10)26-7-14(23)22-16-21-12(6-25-16)13-2-1-3-24-13/h1-6H,7H2,(H,19,20)(H,21,22,23). The van der Waals surface area contributed by atoms with Crippen molar-refractivity contribution in [3.63, 3.8) is 0 Å². The highest BCUT2D eigenvalue weighted by Crippen LogP contribution is 2.26. The summed E-state index contributed by atoms with van der Waals surface area (Å²) in [6.45, 7) is 0. The number of anilines is 1. The van der Waals surface area contributed by atoms with Gasteiger partial charge in [0.25, 0.3) is 0 Å². The number of carbonyl (C=O) groups is 1. The van der Waals surface area contributed by atoms with Gasteiger partial charge in [-0.15, -0.1) is 11.3 Å². The fourth-order valence-electron chi connectivity index (χ4n) is 2.21. The second-order valence-electron chi connectivity index (χ2n) is 5.18. The van der Waals surface area contributed by atoms with E-state index in [4.69, 9.17) is 4.42 Å². The van der Waals surface area contributed by atoms with Crippen LogP contribution >= 0.6 is 23.1 Å². The van der Waals surface area contributed by atoms with E-state index in [-0.39, 0.29) is 11.7 Å². The van der Waals surface area contributed by atoms with E-state index in [0.29, 0.717) is 32.8 Å². The average Bonchev–Trinajstić information content (AvgIpc) is 3.33. The van der Waals surface area contributed by atoms with E-state index in [1.54, 1.807) is 23.8 Å². The quantitative estimate of drug-likeness (QED) is 0.495. The highest BCUT2D eigenvalue weighted by molar-refractivity contribution is 7.99. The summed E-state index contributed by atoms with van der Waals surface area (Å²) in [5.41, 5.74) is 1.31. The van der Waals surface area contributed by atoms with Crippen molar-refractivity contribution in [1.82, 2.24) is 15.0 Å². The van der Waals surface area contributed by atoms with Crippen LogP contribution in [-0.4, -0.2) is 26.6 Å². The molecule has 0 saturated carbocycles. The molecule has 4 aromatic rings. The summed E-state index contributed by atoms with van der Waals surface area (Å²) in [6.07, 6.45) is 1.55. The van der Waals surface area contributed by atoms with E-state index in [0.717, 1.165) is 23.9 Å². The smallest absolute Gasteiger partial charge is 0.236 e. The predicted octanol–water partition coefficient (Wildman–Crippen LogP) is 4.29. The molecule has 1 aromatic carbocycles. The van der Waals surface area contributed by atoms with Gasteiger partial charge in [0.15, 0.2) is 27.7 Å². The second kappa shape index (κ2) is 6.89. The van der Waals surface area contributed by atoms with Crippen LogP contribution < -0.4 is 5.32 Å². The number of aromatic amines is 1. The molecule has 0 aliphatic carbocycles. The molecule has 0 fully saturated rings. The van der Waals surface area contributed by atoms with Crippen molar-refractivity contribution < 1.29 is 18.0 Å². The molecule has 0 atom stereocenters. The number of imidazole rings is 1. The fraction of sp³-hybridized carbons (Fsp3) is 0.0625. The molecular formula is C16H10F2N4O2S2. The molecule has 0 spiro atoms. The number of fused-ring (bicyclic) bond motifs is 1. The topological polar surface area (TPSA) is 83.8 Å². The Labute approximate surface area is 153 Å². The summed E-state index contributed by atoms with van der Waals surface area (Å²) in [6, 6.07) is 5.59. The lowest BCUT2D eigenvalue weighted by Gasteiger charge is -1.99. The van der Waals surface area contributed by atoms with E-state index in [2.05, 4.69) is 20.3 Å². The van der Waals surface area contributed by atoms with Gasteiger partial charge in [0.2, 0.25) is 5.91 Å². The number of hydrogen-bond acceptors (Lipinski definition) is 6. The number of carbonyl (C=O) groups excluding carboxylic acids is 1. The molecular weight excluding hydrogens is 382 g/mol. The maximum Gasteiger partial charge on any atom is 0.236 e. The number of nitrogens with one attached hydrogen (secondary N) is 2. The minimum Gasteiger partial charge on any atom is -0.463 e. The molecule has 3 aromatic heterocycles. The zero-order valence-electron chi connectivity index (χ0n) is 13.0. The van der Waals surface area contributed by atoms with Crippen LogP contribution in [0.5, 0.6) is 0 Å². The Morgan fingerprint density at radius 1 is 1.31 bits per heavy atom. The van der Waals surface area contributed by atoms with Gasteiger partial charge in [0.05, 0.1) is 23.0 Å². The normalized spacial score (nSPS) is 11.2. The SMILES string of the molecule is O=C(CSc1nc2cc(F)c(F)cc2[nH]1)Nc1nc(-c2ccco2)cs1. The number of hydrogen-bond donors (Lipinski definition) is 2. The zero-order valence-corrected chi connectivity index (χ0v) is 14.6. The number of furan rings is 1. The van der Waals surface area contributed by atoms with Gasteiger partial charge in [-0.3, -0.25) is 4.79 Å². The van der Waals surface area contributed by atoms with E-state index < -0.39 is 11.6 Å². The molecule has 1 amide bonds. The largest absolute Gasteiger partial charge is 0.463 e. The van der Waals surface area contributed by atoms with Gasteiger partial charge in [0, 0.05) is 17.5 Å². The van der Waals surface area contributed by atoms with Gasteiger partial charge in [-0.2, -0.15) is 0 Å². The van der Waals surface area contributed by atoms with Gasteiger partial charge in [-0.1, -0.05) is 11.8 Å². The number of rotatable bonds is 5. The number of amides is 1. The van der Waals surface area contributed by atoms with Crippen LogP contribution in [-0.2, 0) is 4.79 Å². The number of thiazole rings is 1. The monoisotopic (exact) mass is 392 g/mol.